The number of hydrogen-bond acceptors (Lipinski definition) is 0. The second kappa shape index (κ2) is 6.34. The van der Waals surface area contributed by atoms with Crippen molar-refractivity contribution in [1.29, 1.82) is 0 Å². The van der Waals surface area contributed by atoms with Gasteiger partial charge in [-0.2, -0.15) is 8.78 Å². The topological polar surface area (TPSA) is 0 Å². The Morgan fingerprint density at radius 3 is 1.21 bits per heavy atom. The summed E-state index contributed by atoms with van der Waals surface area (Å²) in [7, 11) is 0. The SMILES string of the molecule is CC(Cl)C(Cl)(Cl)C(Cl)(Cl)C(Cl)(Cl)C(Cl)(Cl)C(F)(F)Cl. The molecule has 19 heavy (non-hydrogen) atoms. The van der Waals surface area contributed by atoms with Crippen LogP contribution < -0.4 is 0 Å². The molecule has 116 valence electrons. The minimum atomic E-state index is -4.30. The summed E-state index contributed by atoms with van der Waals surface area (Å²) in [5, 5.41) is -5.45. The molecule has 0 aromatic carbocycles. The molecule has 0 aromatic heterocycles. The summed E-state index contributed by atoms with van der Waals surface area (Å²) < 4.78 is 15.1. The zero-order valence-corrected chi connectivity index (χ0v) is 16.2. The predicted molar refractivity (Wildman–Crippen MR) is 83.9 cm³/mol. The van der Waals surface area contributed by atoms with Crippen molar-refractivity contribution >= 4 is 116 Å². The van der Waals surface area contributed by atoms with Gasteiger partial charge in [-0.25, -0.2) is 0 Å². The maximum atomic E-state index is 13.2. The van der Waals surface area contributed by atoms with Crippen LogP contribution >= 0.6 is 116 Å². The Hall–Kier alpha value is 2.76. The smallest absolute Gasteiger partial charge is 0.185 e. The summed E-state index contributed by atoms with van der Waals surface area (Å²) >= 11 is 55.7. The van der Waals surface area contributed by atoms with Crippen molar-refractivity contribution in [3.05, 3.63) is 0 Å². The van der Waals surface area contributed by atoms with Crippen LogP contribution in [0.1, 0.15) is 6.92 Å². The van der Waals surface area contributed by atoms with Crippen molar-refractivity contribution in [1.82, 2.24) is 0 Å². The second-order valence-corrected chi connectivity index (χ2v) is 9.96. The van der Waals surface area contributed by atoms with Gasteiger partial charge in [0, 0.05) is 0 Å². The lowest BCUT2D eigenvalue weighted by atomic mass is 10.1. The molecule has 0 heterocycles. The first-order valence-corrected chi connectivity index (χ1v) is 8.00. The maximum Gasteiger partial charge on any atom is 0.357 e. The number of alkyl halides is 12. The Morgan fingerprint density at radius 1 is 0.684 bits per heavy atom. The quantitative estimate of drug-likeness (QED) is 0.367. The van der Waals surface area contributed by atoms with E-state index in [1.165, 1.54) is 6.92 Å². The van der Waals surface area contributed by atoms with Crippen LogP contribution in [0, 0.1) is 0 Å². The van der Waals surface area contributed by atoms with E-state index in [-0.39, 0.29) is 0 Å². The molecule has 0 bridgehead atoms. The first kappa shape index (κ1) is 21.8. The summed E-state index contributed by atoms with van der Waals surface area (Å²) in [5.41, 5.74) is 0. The van der Waals surface area contributed by atoms with E-state index in [2.05, 4.69) is 0 Å². The molecule has 0 aromatic rings. The lowest BCUT2D eigenvalue weighted by Crippen LogP contribution is -2.63. The van der Waals surface area contributed by atoms with Crippen LogP contribution in [-0.2, 0) is 0 Å². The van der Waals surface area contributed by atoms with Gasteiger partial charge in [-0.15, -0.1) is 11.6 Å². The standard InChI is InChI=1S/C7H4Cl10F2/c1-2(8)3(9,10)4(11,12)5(13,14)6(15,16)7(17,18)19/h2H,1H3. The van der Waals surface area contributed by atoms with Crippen LogP contribution in [0.4, 0.5) is 8.78 Å². The van der Waals surface area contributed by atoms with E-state index in [4.69, 9.17) is 116 Å². The molecule has 0 radical (unpaired) electrons. The average molecular weight is 481 g/mol. The molecule has 0 nitrogen and oxygen atoms in total. The van der Waals surface area contributed by atoms with Crippen LogP contribution in [0.3, 0.4) is 0 Å². The molecule has 0 aliphatic rings. The Bertz CT molecular complexity index is 331. The largest absolute Gasteiger partial charge is 0.357 e. The first-order chi connectivity index (χ1) is 7.94. The van der Waals surface area contributed by atoms with Crippen molar-refractivity contribution in [3.63, 3.8) is 0 Å². The van der Waals surface area contributed by atoms with Gasteiger partial charge in [-0.3, -0.25) is 0 Å². The highest BCUT2D eigenvalue weighted by Gasteiger charge is 2.75. The van der Waals surface area contributed by atoms with Gasteiger partial charge >= 0.3 is 5.38 Å². The molecule has 0 fully saturated rings. The lowest BCUT2D eigenvalue weighted by molar-refractivity contribution is 0.0678. The van der Waals surface area contributed by atoms with Gasteiger partial charge in [0.25, 0.3) is 0 Å². The van der Waals surface area contributed by atoms with E-state index < -0.39 is 28.1 Å². The summed E-state index contributed by atoms with van der Waals surface area (Å²) in [6.07, 6.45) is 0. The Kier molecular flexibility index (Phi) is 7.26. The third kappa shape index (κ3) is 3.65. The van der Waals surface area contributed by atoms with Crippen molar-refractivity contribution in [3.8, 4) is 0 Å². The van der Waals surface area contributed by atoms with E-state index in [0.29, 0.717) is 0 Å². The van der Waals surface area contributed by atoms with Crippen LogP contribution in [0.25, 0.3) is 0 Å². The summed E-state index contributed by atoms with van der Waals surface area (Å²) in [6.45, 7) is 1.27. The van der Waals surface area contributed by atoms with Crippen LogP contribution in [0.5, 0.6) is 0 Å². The lowest BCUT2D eigenvalue weighted by Gasteiger charge is -2.47. The molecule has 0 aliphatic carbocycles. The molecular formula is C7H4Cl10F2. The molecule has 0 spiro atoms. The number of halogens is 12. The van der Waals surface area contributed by atoms with Crippen LogP contribution in [0.15, 0.2) is 0 Å². The van der Waals surface area contributed by atoms with E-state index >= 15 is 0 Å². The van der Waals surface area contributed by atoms with Gasteiger partial charge < -0.3 is 0 Å². The van der Waals surface area contributed by atoms with Crippen molar-refractivity contribution in [2.24, 2.45) is 0 Å². The number of rotatable bonds is 5. The monoisotopic (exact) mass is 476 g/mol. The van der Waals surface area contributed by atoms with E-state index in [1.54, 1.807) is 0 Å². The van der Waals surface area contributed by atoms with Gasteiger partial charge in [-0.1, -0.05) is 92.8 Å². The zero-order valence-electron chi connectivity index (χ0n) is 8.61. The van der Waals surface area contributed by atoms with E-state index in [9.17, 15) is 8.78 Å². The zero-order chi connectivity index (χ0) is 16.1. The second-order valence-electron chi connectivity index (χ2n) is 3.46. The molecule has 1 unspecified atom stereocenters. The molecule has 0 saturated carbocycles. The van der Waals surface area contributed by atoms with Gasteiger partial charge in [-0.05, 0) is 18.5 Å². The number of hydrogen-bond donors (Lipinski definition) is 0. The van der Waals surface area contributed by atoms with Crippen LogP contribution in [0.2, 0.25) is 0 Å². The van der Waals surface area contributed by atoms with Crippen LogP contribution in [-0.4, -0.2) is 28.1 Å². The molecule has 0 N–H and O–H groups in total. The first-order valence-electron chi connectivity index (χ1n) is 4.16. The molecule has 0 rings (SSSR count). The highest BCUT2D eigenvalue weighted by molar-refractivity contribution is 6.75. The summed E-state index contributed by atoms with van der Waals surface area (Å²) in [6, 6.07) is 0. The third-order valence-electron chi connectivity index (χ3n) is 2.06. The Labute approximate surface area is 158 Å². The molecule has 0 amide bonds. The summed E-state index contributed by atoms with van der Waals surface area (Å²) in [4.78, 5) is 0. The normalized spacial score (nSPS) is 17.5. The van der Waals surface area contributed by atoms with E-state index in [1.807, 2.05) is 0 Å². The molecular weight excluding hydrogens is 477 g/mol. The fraction of sp³-hybridized carbons (Fsp3) is 1.00. The highest BCUT2D eigenvalue weighted by atomic mass is 35.6. The average Bonchev–Trinajstić information content (AvgIpc) is 2.14. The van der Waals surface area contributed by atoms with Gasteiger partial charge in [0.2, 0.25) is 4.33 Å². The Morgan fingerprint density at radius 2 is 1.00 bits per heavy atom. The molecule has 0 aliphatic heterocycles. The van der Waals surface area contributed by atoms with Gasteiger partial charge in [0.15, 0.2) is 13.0 Å². The molecule has 1 atom stereocenters. The Balaban J connectivity index is 5.92. The van der Waals surface area contributed by atoms with Gasteiger partial charge in [0.1, 0.15) is 0 Å². The van der Waals surface area contributed by atoms with Crippen molar-refractivity contribution in [2.75, 3.05) is 0 Å². The minimum Gasteiger partial charge on any atom is -0.185 e. The summed E-state index contributed by atoms with van der Waals surface area (Å²) in [5.74, 6) is 0. The van der Waals surface area contributed by atoms with E-state index in [0.717, 1.165) is 0 Å². The molecule has 0 saturated heterocycles. The predicted octanol–water partition coefficient (Wildman–Crippen LogP) is 7.14. The fourth-order valence-electron chi connectivity index (χ4n) is 0.834. The van der Waals surface area contributed by atoms with Gasteiger partial charge in [0.05, 0.1) is 5.38 Å². The van der Waals surface area contributed by atoms with Crippen molar-refractivity contribution in [2.45, 2.75) is 35.0 Å². The third-order valence-corrected chi connectivity index (χ3v) is 8.81. The van der Waals surface area contributed by atoms with Crippen molar-refractivity contribution < 1.29 is 8.78 Å². The highest BCUT2D eigenvalue weighted by Crippen LogP contribution is 2.66. The fourth-order valence-corrected chi connectivity index (χ4v) is 3.45. The maximum absolute atomic E-state index is 13.2. The minimum absolute atomic E-state index is 1.16. The molecule has 12 heteroatoms.